The maximum Gasteiger partial charge on any atom is 0.123 e. The Labute approximate surface area is 114 Å². The third-order valence-electron chi connectivity index (χ3n) is 3.57. The molecular weight excluding hydrogens is 245 g/mol. The van der Waals surface area contributed by atoms with Crippen molar-refractivity contribution in [2.75, 3.05) is 11.5 Å². The number of rotatable bonds is 6. The Balaban J connectivity index is 1.72. The molecule has 1 saturated carbocycles. The Kier molecular flexibility index (Phi) is 5.07. The molecule has 1 atom stereocenters. The van der Waals surface area contributed by atoms with Crippen LogP contribution in [0.2, 0.25) is 0 Å². The van der Waals surface area contributed by atoms with Crippen LogP contribution in [0.1, 0.15) is 38.2 Å². The summed E-state index contributed by atoms with van der Waals surface area (Å²) in [5.74, 6) is 2.86. The van der Waals surface area contributed by atoms with Gasteiger partial charge in [-0.1, -0.05) is 19.1 Å². The molecule has 1 aromatic rings. The van der Waals surface area contributed by atoms with Gasteiger partial charge in [-0.05, 0) is 49.1 Å². The topological polar surface area (TPSA) is 12.0 Å². The molecule has 1 fully saturated rings. The van der Waals surface area contributed by atoms with Crippen molar-refractivity contribution >= 4 is 11.8 Å². The van der Waals surface area contributed by atoms with E-state index < -0.39 is 0 Å². The maximum atomic E-state index is 12.8. The molecular formula is C15H22FNS. The van der Waals surface area contributed by atoms with Gasteiger partial charge in [-0.3, -0.25) is 0 Å². The summed E-state index contributed by atoms with van der Waals surface area (Å²) < 4.78 is 12.8. The summed E-state index contributed by atoms with van der Waals surface area (Å²) in [5, 5.41) is 3.67. The van der Waals surface area contributed by atoms with E-state index in [0.717, 1.165) is 0 Å². The molecule has 0 spiro atoms. The third-order valence-corrected chi connectivity index (χ3v) is 4.72. The molecule has 1 aliphatic carbocycles. The molecule has 0 bridgehead atoms. The van der Waals surface area contributed by atoms with Crippen LogP contribution in [0.5, 0.6) is 0 Å². The average Bonchev–Trinajstić information content (AvgIpc) is 2.32. The summed E-state index contributed by atoms with van der Waals surface area (Å²) in [5.41, 5.74) is 1.28. The zero-order valence-corrected chi connectivity index (χ0v) is 12.0. The summed E-state index contributed by atoms with van der Waals surface area (Å²) in [6.45, 7) is 4.46. The van der Waals surface area contributed by atoms with E-state index in [2.05, 4.69) is 19.2 Å². The van der Waals surface area contributed by atoms with Gasteiger partial charge in [-0.2, -0.15) is 11.8 Å². The molecule has 0 aliphatic heterocycles. The highest BCUT2D eigenvalue weighted by Gasteiger charge is 2.30. The van der Waals surface area contributed by atoms with Gasteiger partial charge in [0.2, 0.25) is 0 Å². The molecule has 1 unspecified atom stereocenters. The van der Waals surface area contributed by atoms with Crippen molar-refractivity contribution in [3.63, 3.8) is 0 Å². The van der Waals surface area contributed by atoms with Crippen LogP contribution in [0.15, 0.2) is 24.3 Å². The summed E-state index contributed by atoms with van der Waals surface area (Å²) in [7, 11) is 0. The highest BCUT2D eigenvalue weighted by Crippen LogP contribution is 2.37. The van der Waals surface area contributed by atoms with Crippen molar-refractivity contribution in [3.05, 3.63) is 35.6 Å². The van der Waals surface area contributed by atoms with Crippen molar-refractivity contribution in [2.24, 2.45) is 0 Å². The summed E-state index contributed by atoms with van der Waals surface area (Å²) in [6.07, 6.45) is 2.37. The van der Waals surface area contributed by atoms with Gasteiger partial charge in [0.05, 0.1) is 0 Å². The van der Waals surface area contributed by atoms with Crippen molar-refractivity contribution in [2.45, 2.75) is 44.7 Å². The minimum Gasteiger partial charge on any atom is -0.311 e. The van der Waals surface area contributed by atoms with E-state index in [1.54, 1.807) is 12.1 Å². The molecule has 0 aromatic heterocycles. The zero-order valence-electron chi connectivity index (χ0n) is 11.2. The average molecular weight is 267 g/mol. The van der Waals surface area contributed by atoms with Crippen LogP contribution < -0.4 is 5.32 Å². The summed E-state index contributed by atoms with van der Waals surface area (Å²) in [6, 6.07) is 8.22. The second kappa shape index (κ2) is 6.58. The minimum atomic E-state index is -0.141. The van der Waals surface area contributed by atoms with Gasteiger partial charge in [0.1, 0.15) is 5.82 Å². The number of thioether (sulfide) groups is 1. The van der Waals surface area contributed by atoms with Gasteiger partial charge >= 0.3 is 0 Å². The molecule has 0 amide bonds. The monoisotopic (exact) mass is 267 g/mol. The van der Waals surface area contributed by atoms with Gasteiger partial charge in [0.15, 0.2) is 0 Å². The number of hydrogen-bond donors (Lipinski definition) is 1. The molecule has 1 N–H and O–H groups in total. The van der Waals surface area contributed by atoms with Crippen LogP contribution in [-0.4, -0.2) is 23.6 Å². The second-order valence-corrected chi connectivity index (χ2v) is 6.46. The lowest BCUT2D eigenvalue weighted by Gasteiger charge is -2.38. The SMILES string of the molecule is CCSCC(C)NC1CC(c2ccc(F)cc2)C1. The van der Waals surface area contributed by atoms with Gasteiger partial charge in [-0.15, -0.1) is 0 Å². The first-order valence-corrected chi connectivity index (χ1v) is 7.93. The first kappa shape index (κ1) is 13.9. The molecule has 1 aliphatic rings. The van der Waals surface area contributed by atoms with E-state index >= 15 is 0 Å². The number of halogens is 1. The Morgan fingerprint density at radius 1 is 1.33 bits per heavy atom. The molecule has 0 heterocycles. The fourth-order valence-corrected chi connectivity index (χ4v) is 3.19. The maximum absolute atomic E-state index is 12.8. The van der Waals surface area contributed by atoms with E-state index in [0.29, 0.717) is 18.0 Å². The molecule has 2 rings (SSSR count). The van der Waals surface area contributed by atoms with Crippen LogP contribution >= 0.6 is 11.8 Å². The van der Waals surface area contributed by atoms with Crippen molar-refractivity contribution in [1.29, 1.82) is 0 Å². The van der Waals surface area contributed by atoms with Crippen LogP contribution in [0.25, 0.3) is 0 Å². The molecule has 3 heteroatoms. The minimum absolute atomic E-state index is 0.141. The molecule has 18 heavy (non-hydrogen) atoms. The largest absolute Gasteiger partial charge is 0.311 e. The van der Waals surface area contributed by atoms with Crippen molar-refractivity contribution in [1.82, 2.24) is 5.32 Å². The van der Waals surface area contributed by atoms with Gasteiger partial charge < -0.3 is 5.32 Å². The normalized spacial score (nSPS) is 24.6. The van der Waals surface area contributed by atoms with E-state index in [4.69, 9.17) is 0 Å². The van der Waals surface area contributed by atoms with Gasteiger partial charge in [0, 0.05) is 17.8 Å². The van der Waals surface area contributed by atoms with E-state index in [1.807, 2.05) is 23.9 Å². The third kappa shape index (κ3) is 3.72. The second-order valence-electron chi connectivity index (χ2n) is 5.14. The molecule has 1 aromatic carbocycles. The fourth-order valence-electron chi connectivity index (χ4n) is 2.51. The standard InChI is InChI=1S/C15H22FNS/c1-3-18-10-11(2)17-15-8-13(9-15)12-4-6-14(16)7-5-12/h4-7,11,13,15,17H,3,8-10H2,1-2H3. The number of benzene rings is 1. The van der Waals surface area contributed by atoms with Crippen LogP contribution in [-0.2, 0) is 0 Å². The lowest BCUT2D eigenvalue weighted by molar-refractivity contribution is 0.276. The fraction of sp³-hybridized carbons (Fsp3) is 0.600. The van der Waals surface area contributed by atoms with Gasteiger partial charge in [0.25, 0.3) is 0 Å². The highest BCUT2D eigenvalue weighted by atomic mass is 32.2. The molecule has 1 nitrogen and oxygen atoms in total. The molecule has 0 saturated heterocycles. The highest BCUT2D eigenvalue weighted by molar-refractivity contribution is 7.99. The Morgan fingerprint density at radius 2 is 2.00 bits per heavy atom. The van der Waals surface area contributed by atoms with E-state index in [1.165, 1.54) is 29.9 Å². The summed E-state index contributed by atoms with van der Waals surface area (Å²) in [4.78, 5) is 0. The zero-order chi connectivity index (χ0) is 13.0. The lowest BCUT2D eigenvalue weighted by Crippen LogP contribution is -2.45. The predicted molar refractivity (Wildman–Crippen MR) is 77.8 cm³/mol. The Bertz CT molecular complexity index is 359. The Morgan fingerprint density at radius 3 is 2.61 bits per heavy atom. The van der Waals surface area contributed by atoms with Crippen molar-refractivity contribution < 1.29 is 4.39 Å². The predicted octanol–water partition coefficient (Wildman–Crippen LogP) is 3.80. The molecule has 100 valence electrons. The molecule has 0 radical (unpaired) electrons. The number of hydrogen-bond acceptors (Lipinski definition) is 2. The van der Waals surface area contributed by atoms with E-state index in [9.17, 15) is 4.39 Å². The first-order valence-electron chi connectivity index (χ1n) is 6.78. The summed E-state index contributed by atoms with van der Waals surface area (Å²) >= 11 is 1.99. The Hall–Kier alpha value is -0.540. The van der Waals surface area contributed by atoms with Gasteiger partial charge in [-0.25, -0.2) is 4.39 Å². The quantitative estimate of drug-likeness (QED) is 0.841. The smallest absolute Gasteiger partial charge is 0.123 e. The van der Waals surface area contributed by atoms with Crippen LogP contribution in [0, 0.1) is 5.82 Å². The van der Waals surface area contributed by atoms with Crippen LogP contribution in [0.3, 0.4) is 0 Å². The van der Waals surface area contributed by atoms with Crippen LogP contribution in [0.4, 0.5) is 4.39 Å². The lowest BCUT2D eigenvalue weighted by atomic mass is 9.75. The first-order chi connectivity index (χ1) is 8.69. The van der Waals surface area contributed by atoms with Crippen molar-refractivity contribution in [3.8, 4) is 0 Å². The number of nitrogens with one attached hydrogen (secondary N) is 1. The van der Waals surface area contributed by atoms with E-state index in [-0.39, 0.29) is 5.82 Å².